The molecule has 38 heavy (non-hydrogen) atoms. The number of allylic oxidation sites excluding steroid dienone is 2. The van der Waals surface area contributed by atoms with E-state index in [-0.39, 0.29) is 13.2 Å². The smallest absolute Gasteiger partial charge is 0.430 e. The Labute approximate surface area is 225 Å². The lowest BCUT2D eigenvalue weighted by Gasteiger charge is -2.15. The second kappa shape index (κ2) is 16.1. The first-order valence-electron chi connectivity index (χ1n) is 13.6. The zero-order valence-electron chi connectivity index (χ0n) is 22.4. The van der Waals surface area contributed by atoms with Crippen LogP contribution >= 0.6 is 0 Å². The number of carbonyl (C=O) groups is 2. The standard InChI is InChI=1S/C32H38O6/c1-3-5-7-9-11-17-23-35-31(33)37-29-25-19-13-15-21-27(25)30(28-22-16-14-20-26(28)29)38-32(34)36-24-18-12-10-8-6-4-2/h11-22H,3-10,23-24H2,1-2H3/b17-11+,18-12+. The van der Waals surface area contributed by atoms with Gasteiger partial charge in [-0.25, -0.2) is 9.59 Å². The van der Waals surface area contributed by atoms with Gasteiger partial charge in [0.05, 0.1) is 0 Å². The van der Waals surface area contributed by atoms with E-state index < -0.39 is 12.3 Å². The van der Waals surface area contributed by atoms with Crippen molar-refractivity contribution in [2.24, 2.45) is 0 Å². The largest absolute Gasteiger partial charge is 0.514 e. The Hall–Kier alpha value is -3.80. The monoisotopic (exact) mass is 518 g/mol. The van der Waals surface area contributed by atoms with Gasteiger partial charge >= 0.3 is 12.3 Å². The van der Waals surface area contributed by atoms with Crippen LogP contribution in [0, 0.1) is 0 Å². The second-order valence-corrected chi connectivity index (χ2v) is 9.01. The molecule has 202 valence electrons. The second-order valence-electron chi connectivity index (χ2n) is 9.01. The maximum Gasteiger partial charge on any atom is 0.514 e. The molecule has 3 aromatic rings. The molecule has 0 aliphatic carbocycles. The van der Waals surface area contributed by atoms with E-state index >= 15 is 0 Å². The molecule has 0 aliphatic rings. The molecule has 0 spiro atoms. The molecule has 0 unspecified atom stereocenters. The predicted molar refractivity (Wildman–Crippen MR) is 152 cm³/mol. The minimum atomic E-state index is -0.794. The molecule has 0 fully saturated rings. The van der Waals surface area contributed by atoms with Crippen molar-refractivity contribution in [1.29, 1.82) is 0 Å². The van der Waals surface area contributed by atoms with Gasteiger partial charge in [-0.1, -0.05) is 112 Å². The number of hydrogen-bond donors (Lipinski definition) is 0. The van der Waals surface area contributed by atoms with Crippen molar-refractivity contribution in [3.63, 3.8) is 0 Å². The highest BCUT2D eigenvalue weighted by atomic mass is 16.7. The molecule has 0 aliphatic heterocycles. The third-order valence-electron chi connectivity index (χ3n) is 6.08. The van der Waals surface area contributed by atoms with Gasteiger partial charge in [0, 0.05) is 21.5 Å². The van der Waals surface area contributed by atoms with Crippen molar-refractivity contribution in [1.82, 2.24) is 0 Å². The lowest BCUT2D eigenvalue weighted by molar-refractivity contribution is 0.109. The molecule has 0 saturated carbocycles. The lowest BCUT2D eigenvalue weighted by Crippen LogP contribution is -2.13. The molecular formula is C32H38O6. The summed E-state index contributed by atoms with van der Waals surface area (Å²) in [7, 11) is 0. The van der Waals surface area contributed by atoms with Crippen LogP contribution in [0.15, 0.2) is 72.8 Å². The van der Waals surface area contributed by atoms with Gasteiger partial charge in [0.1, 0.15) is 24.7 Å². The molecule has 0 radical (unpaired) electrons. The van der Waals surface area contributed by atoms with Gasteiger partial charge in [-0.15, -0.1) is 0 Å². The highest BCUT2D eigenvalue weighted by Crippen LogP contribution is 2.42. The Morgan fingerprint density at radius 2 is 0.947 bits per heavy atom. The zero-order valence-corrected chi connectivity index (χ0v) is 22.4. The third kappa shape index (κ3) is 8.65. The van der Waals surface area contributed by atoms with E-state index in [0.29, 0.717) is 33.0 Å². The summed E-state index contributed by atoms with van der Waals surface area (Å²) in [6.45, 7) is 4.60. The molecule has 0 aromatic heterocycles. The summed E-state index contributed by atoms with van der Waals surface area (Å²) >= 11 is 0. The van der Waals surface area contributed by atoms with Crippen LogP contribution in [-0.2, 0) is 9.47 Å². The van der Waals surface area contributed by atoms with E-state index in [2.05, 4.69) is 13.8 Å². The maximum atomic E-state index is 12.5. The van der Waals surface area contributed by atoms with E-state index in [9.17, 15) is 9.59 Å². The fourth-order valence-electron chi connectivity index (χ4n) is 4.12. The van der Waals surface area contributed by atoms with Crippen LogP contribution in [0.4, 0.5) is 9.59 Å². The summed E-state index contributed by atoms with van der Waals surface area (Å²) in [5.74, 6) is 0.702. The predicted octanol–water partition coefficient (Wildman–Crippen LogP) is 9.30. The van der Waals surface area contributed by atoms with Gasteiger partial charge in [0.2, 0.25) is 0 Å². The minimum absolute atomic E-state index is 0.140. The molecule has 6 nitrogen and oxygen atoms in total. The Kier molecular flexibility index (Phi) is 12.2. The fourth-order valence-corrected chi connectivity index (χ4v) is 4.12. The van der Waals surface area contributed by atoms with Crippen molar-refractivity contribution in [3.05, 3.63) is 72.8 Å². The first-order chi connectivity index (χ1) is 18.7. The summed E-state index contributed by atoms with van der Waals surface area (Å²) in [6, 6.07) is 14.6. The minimum Gasteiger partial charge on any atom is -0.430 e. The number of benzene rings is 3. The van der Waals surface area contributed by atoms with E-state index in [1.807, 2.05) is 72.8 Å². The van der Waals surface area contributed by atoms with E-state index in [1.54, 1.807) is 0 Å². The molecule has 0 N–H and O–H groups in total. The first kappa shape index (κ1) is 28.8. The lowest BCUT2D eigenvalue weighted by atomic mass is 10.0. The Morgan fingerprint density at radius 3 is 1.29 bits per heavy atom. The van der Waals surface area contributed by atoms with Crippen molar-refractivity contribution < 1.29 is 28.5 Å². The van der Waals surface area contributed by atoms with Crippen molar-refractivity contribution in [2.75, 3.05) is 13.2 Å². The maximum absolute atomic E-state index is 12.5. The molecule has 6 heteroatoms. The summed E-state index contributed by atoms with van der Waals surface area (Å²) in [6.07, 6.45) is 15.0. The van der Waals surface area contributed by atoms with E-state index in [4.69, 9.17) is 18.9 Å². The van der Waals surface area contributed by atoms with Crippen LogP contribution in [0.2, 0.25) is 0 Å². The normalized spacial score (nSPS) is 11.4. The Morgan fingerprint density at radius 1 is 0.579 bits per heavy atom. The number of ether oxygens (including phenoxy) is 4. The van der Waals surface area contributed by atoms with Crippen LogP contribution in [-0.4, -0.2) is 25.5 Å². The highest BCUT2D eigenvalue weighted by molar-refractivity contribution is 6.12. The summed E-state index contributed by atoms with van der Waals surface area (Å²) < 4.78 is 21.9. The van der Waals surface area contributed by atoms with E-state index in [1.165, 1.54) is 25.7 Å². The average molecular weight is 519 g/mol. The number of unbranched alkanes of at least 4 members (excludes halogenated alkanes) is 6. The topological polar surface area (TPSA) is 71.1 Å². The summed E-state index contributed by atoms with van der Waals surface area (Å²) in [5, 5.41) is 2.49. The van der Waals surface area contributed by atoms with Crippen LogP contribution in [0.3, 0.4) is 0 Å². The van der Waals surface area contributed by atoms with Gasteiger partial charge in [-0.2, -0.15) is 0 Å². The quantitative estimate of drug-likeness (QED) is 0.0696. The molecule has 0 bridgehead atoms. The number of fused-ring (bicyclic) bond motifs is 2. The summed E-state index contributed by atoms with van der Waals surface area (Å²) in [5.41, 5.74) is 0. The van der Waals surface area contributed by atoms with Crippen LogP contribution in [0.1, 0.15) is 65.2 Å². The fraction of sp³-hybridized carbons (Fsp3) is 0.375. The van der Waals surface area contributed by atoms with Gasteiger partial charge in [0.15, 0.2) is 0 Å². The number of hydrogen-bond acceptors (Lipinski definition) is 6. The average Bonchev–Trinajstić information content (AvgIpc) is 2.93. The van der Waals surface area contributed by atoms with Crippen LogP contribution < -0.4 is 9.47 Å². The van der Waals surface area contributed by atoms with E-state index in [0.717, 1.165) is 25.7 Å². The SMILES string of the molecule is CCCCC/C=C/COC(=O)Oc1c2ccccc2c(OC(=O)OC/C=C/CCCCC)c2ccccc12. The zero-order chi connectivity index (χ0) is 27.0. The molecule has 3 rings (SSSR count). The highest BCUT2D eigenvalue weighted by Gasteiger charge is 2.20. The van der Waals surface area contributed by atoms with Gasteiger partial charge in [-0.3, -0.25) is 0 Å². The van der Waals surface area contributed by atoms with Gasteiger partial charge < -0.3 is 18.9 Å². The van der Waals surface area contributed by atoms with Crippen LogP contribution in [0.25, 0.3) is 21.5 Å². The van der Waals surface area contributed by atoms with Crippen molar-refractivity contribution >= 4 is 33.9 Å². The molecule has 3 aromatic carbocycles. The first-order valence-corrected chi connectivity index (χ1v) is 13.6. The number of carbonyl (C=O) groups excluding carboxylic acids is 2. The third-order valence-corrected chi connectivity index (χ3v) is 6.08. The van der Waals surface area contributed by atoms with Gasteiger partial charge in [0.25, 0.3) is 0 Å². The molecule has 0 amide bonds. The van der Waals surface area contributed by atoms with Crippen LogP contribution in [0.5, 0.6) is 11.5 Å². The Bertz CT molecular complexity index is 1090. The molecule has 0 atom stereocenters. The Balaban J connectivity index is 1.74. The molecule has 0 saturated heterocycles. The molecule has 0 heterocycles. The van der Waals surface area contributed by atoms with Crippen molar-refractivity contribution in [3.8, 4) is 11.5 Å². The number of rotatable bonds is 14. The molecular weight excluding hydrogens is 480 g/mol. The van der Waals surface area contributed by atoms with Gasteiger partial charge in [-0.05, 0) is 25.7 Å². The summed E-state index contributed by atoms with van der Waals surface area (Å²) in [4.78, 5) is 25.1. The van der Waals surface area contributed by atoms with Crippen molar-refractivity contribution in [2.45, 2.75) is 65.2 Å².